The molecule has 0 saturated heterocycles. The summed E-state index contributed by atoms with van der Waals surface area (Å²) in [5, 5.41) is 8.59. The second-order valence-electron chi connectivity index (χ2n) is 1.97. The van der Waals surface area contributed by atoms with E-state index in [0.717, 1.165) is 5.82 Å². The van der Waals surface area contributed by atoms with Gasteiger partial charge in [-0.3, -0.25) is 0 Å². The Balaban J connectivity index is 2.79. The first kappa shape index (κ1) is 7.02. The molecule has 54 valence electrons. The van der Waals surface area contributed by atoms with Crippen molar-refractivity contribution in [3.05, 3.63) is 24.8 Å². The van der Waals surface area contributed by atoms with Crippen molar-refractivity contribution >= 4 is 6.08 Å². The van der Waals surface area contributed by atoms with Crippen LogP contribution in [0.25, 0.3) is 6.08 Å². The predicted octanol–water partition coefficient (Wildman–Crippen LogP) is -0.0625. The van der Waals surface area contributed by atoms with Crippen LogP contribution in [-0.2, 0) is 6.54 Å². The van der Waals surface area contributed by atoms with Crippen molar-refractivity contribution in [3.63, 3.8) is 0 Å². The van der Waals surface area contributed by atoms with E-state index in [1.54, 1.807) is 6.08 Å². The van der Waals surface area contributed by atoms with Gasteiger partial charge in [0, 0.05) is 6.08 Å². The number of rotatable bonds is 3. The molecule has 0 spiro atoms. The van der Waals surface area contributed by atoms with Crippen molar-refractivity contribution in [1.82, 2.24) is 4.98 Å². The van der Waals surface area contributed by atoms with Crippen molar-refractivity contribution < 1.29 is 9.67 Å². The van der Waals surface area contributed by atoms with Crippen LogP contribution in [0.4, 0.5) is 0 Å². The number of aromatic amines is 1. The van der Waals surface area contributed by atoms with E-state index in [-0.39, 0.29) is 6.61 Å². The van der Waals surface area contributed by atoms with Gasteiger partial charge in [-0.15, -0.1) is 0 Å². The third-order valence-electron chi connectivity index (χ3n) is 1.33. The van der Waals surface area contributed by atoms with Crippen LogP contribution in [0.5, 0.6) is 0 Å². The van der Waals surface area contributed by atoms with Gasteiger partial charge in [0.05, 0.1) is 6.61 Å². The zero-order chi connectivity index (χ0) is 7.40. The number of hydrogen-bond acceptors (Lipinski definition) is 1. The maximum absolute atomic E-state index is 8.59. The lowest BCUT2D eigenvalue weighted by atomic mass is 10.5. The normalized spacial score (nSPS) is 9.70. The summed E-state index contributed by atoms with van der Waals surface area (Å²) in [6.07, 6.45) is 5.40. The lowest BCUT2D eigenvalue weighted by Crippen LogP contribution is -2.36. The van der Waals surface area contributed by atoms with Crippen molar-refractivity contribution in [2.75, 3.05) is 6.61 Å². The Bertz CT molecular complexity index is 217. The Morgan fingerprint density at radius 1 is 1.80 bits per heavy atom. The van der Waals surface area contributed by atoms with E-state index < -0.39 is 0 Å². The molecule has 3 nitrogen and oxygen atoms in total. The number of nitrogens with one attached hydrogen (secondary N) is 1. The standard InChI is InChI=1S/C7H10N2O/c1-2-7-8-3-4-9(7)5-6-10/h2-4,10H,1,5-6H2/p+1. The Hall–Kier alpha value is -1.09. The van der Waals surface area contributed by atoms with E-state index in [0.29, 0.717) is 6.54 Å². The number of imidazole rings is 1. The van der Waals surface area contributed by atoms with E-state index in [9.17, 15) is 0 Å². The summed E-state index contributed by atoms with van der Waals surface area (Å²) >= 11 is 0. The van der Waals surface area contributed by atoms with Gasteiger partial charge < -0.3 is 5.11 Å². The monoisotopic (exact) mass is 139 g/mol. The topological polar surface area (TPSA) is 39.9 Å². The first-order valence-corrected chi connectivity index (χ1v) is 3.18. The lowest BCUT2D eigenvalue weighted by molar-refractivity contribution is -0.698. The molecule has 0 saturated carbocycles. The molecule has 1 rings (SSSR count). The molecular formula is C7H11N2O+. The zero-order valence-electron chi connectivity index (χ0n) is 5.75. The summed E-state index contributed by atoms with van der Waals surface area (Å²) in [5.41, 5.74) is 0. The maximum atomic E-state index is 8.59. The van der Waals surface area contributed by atoms with Crippen LogP contribution in [0.2, 0.25) is 0 Å². The fraction of sp³-hybridized carbons (Fsp3) is 0.286. The van der Waals surface area contributed by atoms with Crippen LogP contribution in [0.3, 0.4) is 0 Å². The molecule has 0 aliphatic heterocycles. The van der Waals surface area contributed by atoms with E-state index in [4.69, 9.17) is 5.11 Å². The van der Waals surface area contributed by atoms with Crippen molar-refractivity contribution in [3.8, 4) is 0 Å². The third kappa shape index (κ3) is 1.25. The van der Waals surface area contributed by atoms with Gasteiger partial charge in [0.1, 0.15) is 18.9 Å². The minimum absolute atomic E-state index is 0.156. The highest BCUT2D eigenvalue weighted by Gasteiger charge is 2.03. The number of aromatic nitrogens is 2. The molecule has 0 aliphatic carbocycles. The van der Waals surface area contributed by atoms with Crippen LogP contribution >= 0.6 is 0 Å². The fourth-order valence-corrected chi connectivity index (χ4v) is 0.855. The third-order valence-corrected chi connectivity index (χ3v) is 1.33. The first-order valence-electron chi connectivity index (χ1n) is 3.18. The van der Waals surface area contributed by atoms with E-state index in [2.05, 4.69) is 11.6 Å². The summed E-state index contributed by atoms with van der Waals surface area (Å²) < 4.78 is 1.90. The van der Waals surface area contributed by atoms with Crippen LogP contribution in [-0.4, -0.2) is 16.7 Å². The highest BCUT2D eigenvalue weighted by molar-refractivity contribution is 5.31. The van der Waals surface area contributed by atoms with Gasteiger partial charge in [-0.25, -0.2) is 9.55 Å². The smallest absolute Gasteiger partial charge is 0.278 e. The summed E-state index contributed by atoms with van der Waals surface area (Å²) in [5.74, 6) is 0.925. The summed E-state index contributed by atoms with van der Waals surface area (Å²) in [6, 6.07) is 0. The summed E-state index contributed by atoms with van der Waals surface area (Å²) in [7, 11) is 0. The zero-order valence-corrected chi connectivity index (χ0v) is 5.75. The number of nitrogens with zero attached hydrogens (tertiary/aromatic N) is 1. The van der Waals surface area contributed by atoms with Gasteiger partial charge in [0.15, 0.2) is 0 Å². The molecule has 0 aliphatic rings. The number of aliphatic hydroxyl groups excluding tert-OH is 1. The molecule has 0 fully saturated rings. The average molecular weight is 139 g/mol. The molecule has 1 heterocycles. The van der Waals surface area contributed by atoms with Crippen molar-refractivity contribution in [2.24, 2.45) is 0 Å². The molecule has 1 aromatic heterocycles. The minimum Gasteiger partial charge on any atom is -0.392 e. The molecule has 0 radical (unpaired) electrons. The molecule has 10 heavy (non-hydrogen) atoms. The number of hydrogen-bond donors (Lipinski definition) is 2. The lowest BCUT2D eigenvalue weighted by Gasteiger charge is -1.91. The van der Waals surface area contributed by atoms with Gasteiger partial charge in [-0.2, -0.15) is 0 Å². The van der Waals surface area contributed by atoms with Crippen LogP contribution < -0.4 is 4.57 Å². The van der Waals surface area contributed by atoms with Gasteiger partial charge in [0.25, 0.3) is 5.82 Å². The Morgan fingerprint density at radius 2 is 2.60 bits per heavy atom. The van der Waals surface area contributed by atoms with Crippen LogP contribution in [0.1, 0.15) is 5.82 Å². The number of H-pyrrole nitrogens is 1. The van der Waals surface area contributed by atoms with Gasteiger partial charge in [0.2, 0.25) is 0 Å². The molecule has 0 amide bonds. The van der Waals surface area contributed by atoms with Gasteiger partial charge >= 0.3 is 0 Å². The quantitative estimate of drug-likeness (QED) is 0.566. The van der Waals surface area contributed by atoms with Crippen LogP contribution in [0.15, 0.2) is 19.0 Å². The second kappa shape index (κ2) is 3.17. The average Bonchev–Trinajstić information content (AvgIpc) is 2.36. The fourth-order valence-electron chi connectivity index (χ4n) is 0.855. The SMILES string of the molecule is C=Cc1[nH]cc[n+]1CCO. The highest BCUT2D eigenvalue weighted by Crippen LogP contribution is 1.86. The van der Waals surface area contributed by atoms with Crippen molar-refractivity contribution in [1.29, 1.82) is 0 Å². The Labute approximate surface area is 59.6 Å². The summed E-state index contributed by atoms with van der Waals surface area (Å²) in [4.78, 5) is 2.97. The molecular weight excluding hydrogens is 128 g/mol. The minimum atomic E-state index is 0.156. The molecule has 2 N–H and O–H groups in total. The molecule has 0 aromatic carbocycles. The number of aliphatic hydroxyl groups is 1. The van der Waals surface area contributed by atoms with Gasteiger partial charge in [-0.1, -0.05) is 6.58 Å². The van der Waals surface area contributed by atoms with E-state index in [1.807, 2.05) is 17.0 Å². The van der Waals surface area contributed by atoms with Crippen LogP contribution in [0, 0.1) is 0 Å². The second-order valence-corrected chi connectivity index (χ2v) is 1.97. The first-order chi connectivity index (χ1) is 4.88. The van der Waals surface area contributed by atoms with Crippen molar-refractivity contribution in [2.45, 2.75) is 6.54 Å². The molecule has 0 unspecified atom stereocenters. The summed E-state index contributed by atoms with van der Waals surface area (Å²) in [6.45, 7) is 4.38. The molecule has 3 heteroatoms. The van der Waals surface area contributed by atoms with Gasteiger partial charge in [-0.05, 0) is 0 Å². The maximum Gasteiger partial charge on any atom is 0.278 e. The molecule has 0 atom stereocenters. The Kier molecular flexibility index (Phi) is 2.23. The molecule has 1 aromatic rings. The molecule has 0 bridgehead atoms. The van der Waals surface area contributed by atoms with E-state index in [1.165, 1.54) is 0 Å². The Morgan fingerprint density at radius 3 is 3.20 bits per heavy atom. The highest BCUT2D eigenvalue weighted by atomic mass is 16.3. The van der Waals surface area contributed by atoms with E-state index >= 15 is 0 Å². The largest absolute Gasteiger partial charge is 0.392 e. The predicted molar refractivity (Wildman–Crippen MR) is 38.2 cm³/mol.